The van der Waals surface area contributed by atoms with Gasteiger partial charge in [-0.25, -0.2) is 4.98 Å². The van der Waals surface area contributed by atoms with Crippen LogP contribution in [0.25, 0.3) is 0 Å². The molecule has 1 heterocycles. The van der Waals surface area contributed by atoms with E-state index in [1.807, 2.05) is 5.51 Å². The molecular weight excluding hydrogens is 228 g/mol. The van der Waals surface area contributed by atoms with E-state index in [1.165, 1.54) is 37.8 Å². The maximum atomic E-state index is 4.36. The number of fused-ring (bicyclic) bond motifs is 5. The Morgan fingerprint density at radius 3 is 3.06 bits per heavy atom. The highest BCUT2D eigenvalue weighted by Crippen LogP contribution is 2.58. The molecule has 3 heteroatoms. The predicted molar refractivity (Wildman–Crippen MR) is 69.8 cm³/mol. The molecule has 17 heavy (non-hydrogen) atoms. The van der Waals surface area contributed by atoms with Crippen molar-refractivity contribution in [1.29, 1.82) is 0 Å². The monoisotopic (exact) mass is 248 g/mol. The van der Waals surface area contributed by atoms with Crippen LogP contribution in [0.1, 0.15) is 37.8 Å². The van der Waals surface area contributed by atoms with Crippen LogP contribution in [-0.2, 0) is 6.54 Å². The molecule has 4 rings (SSSR count). The highest BCUT2D eigenvalue weighted by molar-refractivity contribution is 7.07. The van der Waals surface area contributed by atoms with Crippen LogP contribution in [0.4, 0.5) is 0 Å². The van der Waals surface area contributed by atoms with Gasteiger partial charge in [0.15, 0.2) is 0 Å². The maximum absolute atomic E-state index is 4.36. The molecule has 0 spiro atoms. The Balaban J connectivity index is 1.41. The largest absolute Gasteiger partial charge is 0.308 e. The van der Waals surface area contributed by atoms with Gasteiger partial charge in [0.25, 0.3) is 0 Å². The van der Waals surface area contributed by atoms with E-state index in [-0.39, 0.29) is 0 Å². The van der Waals surface area contributed by atoms with Crippen molar-refractivity contribution in [1.82, 2.24) is 10.3 Å². The molecule has 0 amide bonds. The number of nitrogens with one attached hydrogen (secondary N) is 1. The van der Waals surface area contributed by atoms with Gasteiger partial charge in [0.1, 0.15) is 0 Å². The van der Waals surface area contributed by atoms with E-state index >= 15 is 0 Å². The Morgan fingerprint density at radius 1 is 1.24 bits per heavy atom. The van der Waals surface area contributed by atoms with Crippen molar-refractivity contribution in [2.75, 3.05) is 0 Å². The van der Waals surface area contributed by atoms with Crippen molar-refractivity contribution < 1.29 is 0 Å². The van der Waals surface area contributed by atoms with Crippen molar-refractivity contribution in [2.24, 2.45) is 23.7 Å². The maximum Gasteiger partial charge on any atom is 0.0795 e. The smallest absolute Gasteiger partial charge is 0.0795 e. The van der Waals surface area contributed by atoms with Gasteiger partial charge in [-0.1, -0.05) is 6.42 Å². The molecule has 3 fully saturated rings. The van der Waals surface area contributed by atoms with Gasteiger partial charge in [0.2, 0.25) is 0 Å². The van der Waals surface area contributed by atoms with Crippen LogP contribution < -0.4 is 5.32 Å². The van der Waals surface area contributed by atoms with E-state index in [2.05, 4.69) is 15.7 Å². The number of hydrogen-bond donors (Lipinski definition) is 1. The second-order valence-electron chi connectivity index (χ2n) is 6.12. The minimum absolute atomic E-state index is 0.793. The summed E-state index contributed by atoms with van der Waals surface area (Å²) in [6.07, 6.45) is 7.51. The first-order valence-corrected chi connectivity index (χ1v) is 7.96. The number of nitrogens with zero attached hydrogens (tertiary/aromatic N) is 1. The summed E-state index contributed by atoms with van der Waals surface area (Å²) in [6.45, 7) is 0.981. The minimum atomic E-state index is 0.793. The summed E-state index contributed by atoms with van der Waals surface area (Å²) in [7, 11) is 0. The predicted octanol–water partition coefficient (Wildman–Crippen LogP) is 3.06. The summed E-state index contributed by atoms with van der Waals surface area (Å²) in [5, 5.41) is 5.94. The molecule has 2 bridgehead atoms. The third-order valence-corrected chi connectivity index (χ3v) is 6.09. The van der Waals surface area contributed by atoms with Crippen LogP contribution in [-0.4, -0.2) is 11.0 Å². The van der Waals surface area contributed by atoms with Gasteiger partial charge in [-0.15, -0.1) is 11.3 Å². The minimum Gasteiger partial charge on any atom is -0.308 e. The number of thiazole rings is 1. The first-order valence-electron chi connectivity index (χ1n) is 7.02. The van der Waals surface area contributed by atoms with E-state index in [4.69, 9.17) is 0 Å². The second-order valence-corrected chi connectivity index (χ2v) is 6.84. The Morgan fingerprint density at radius 2 is 2.18 bits per heavy atom. The molecule has 5 atom stereocenters. The molecule has 0 aliphatic heterocycles. The Labute approximate surface area is 107 Å². The SMILES string of the molecule is c1nc(CNC2CC3CC2C2CCCC32)cs1. The zero-order valence-corrected chi connectivity index (χ0v) is 11.0. The highest BCUT2D eigenvalue weighted by atomic mass is 32.1. The summed E-state index contributed by atoms with van der Waals surface area (Å²) in [5.41, 5.74) is 3.16. The fraction of sp³-hybridized carbons (Fsp3) is 0.786. The van der Waals surface area contributed by atoms with E-state index < -0.39 is 0 Å². The van der Waals surface area contributed by atoms with Crippen molar-refractivity contribution >= 4 is 11.3 Å². The van der Waals surface area contributed by atoms with Gasteiger partial charge in [-0.3, -0.25) is 0 Å². The van der Waals surface area contributed by atoms with Gasteiger partial charge in [0, 0.05) is 18.0 Å². The standard InChI is InChI=1S/C14H20N2S/c1-2-11-9-4-13(12(11)3-1)14(5-9)15-6-10-7-17-8-16-10/h7-9,11-15H,1-6H2. The number of aromatic nitrogens is 1. The van der Waals surface area contributed by atoms with Gasteiger partial charge in [-0.05, 0) is 49.4 Å². The second kappa shape index (κ2) is 4.06. The Hall–Kier alpha value is -0.410. The fourth-order valence-electron chi connectivity index (χ4n) is 4.86. The quantitative estimate of drug-likeness (QED) is 0.889. The molecule has 2 nitrogen and oxygen atoms in total. The summed E-state index contributed by atoms with van der Waals surface area (Å²) in [5.74, 6) is 4.23. The topological polar surface area (TPSA) is 24.9 Å². The Kier molecular flexibility index (Phi) is 2.51. The lowest BCUT2D eigenvalue weighted by atomic mass is 9.79. The van der Waals surface area contributed by atoms with Crippen LogP contribution in [0.3, 0.4) is 0 Å². The first kappa shape index (κ1) is 10.5. The van der Waals surface area contributed by atoms with Gasteiger partial charge < -0.3 is 5.32 Å². The molecule has 0 aromatic carbocycles. The highest BCUT2D eigenvalue weighted by Gasteiger charge is 2.53. The molecule has 3 aliphatic rings. The fourth-order valence-corrected chi connectivity index (χ4v) is 5.42. The summed E-state index contributed by atoms with van der Waals surface area (Å²) >= 11 is 1.70. The third kappa shape index (κ3) is 1.66. The van der Waals surface area contributed by atoms with Gasteiger partial charge >= 0.3 is 0 Å². The molecule has 1 N–H and O–H groups in total. The van der Waals surface area contributed by atoms with Crippen molar-refractivity contribution in [3.63, 3.8) is 0 Å². The average Bonchev–Trinajstić information content (AvgIpc) is 3.08. The lowest BCUT2D eigenvalue weighted by Crippen LogP contribution is -2.38. The van der Waals surface area contributed by atoms with E-state index in [1.54, 1.807) is 11.3 Å². The molecule has 1 aromatic rings. The van der Waals surface area contributed by atoms with Crippen LogP contribution in [0.2, 0.25) is 0 Å². The first-order chi connectivity index (χ1) is 8.42. The molecular formula is C14H20N2S. The molecule has 5 unspecified atom stereocenters. The van der Waals surface area contributed by atoms with Crippen molar-refractivity contribution in [3.05, 3.63) is 16.6 Å². The van der Waals surface area contributed by atoms with Crippen LogP contribution in [0.5, 0.6) is 0 Å². The van der Waals surface area contributed by atoms with Crippen molar-refractivity contribution in [2.45, 2.75) is 44.7 Å². The normalized spacial score (nSPS) is 43.2. The molecule has 3 aliphatic carbocycles. The van der Waals surface area contributed by atoms with Gasteiger partial charge in [-0.2, -0.15) is 0 Å². The van der Waals surface area contributed by atoms with Crippen LogP contribution in [0.15, 0.2) is 10.9 Å². The van der Waals surface area contributed by atoms with E-state index in [0.29, 0.717) is 0 Å². The molecule has 1 aromatic heterocycles. The van der Waals surface area contributed by atoms with Gasteiger partial charge in [0.05, 0.1) is 11.2 Å². The van der Waals surface area contributed by atoms with Crippen molar-refractivity contribution in [3.8, 4) is 0 Å². The van der Waals surface area contributed by atoms with E-state index in [0.717, 1.165) is 36.3 Å². The lowest BCUT2D eigenvalue weighted by molar-refractivity contribution is 0.207. The number of rotatable bonds is 3. The molecule has 0 saturated heterocycles. The van der Waals surface area contributed by atoms with Crippen LogP contribution in [0, 0.1) is 23.7 Å². The Bertz CT molecular complexity index is 389. The van der Waals surface area contributed by atoms with Crippen LogP contribution >= 0.6 is 11.3 Å². The molecule has 0 radical (unpaired) electrons. The summed E-state index contributed by atoms with van der Waals surface area (Å²) in [6, 6.07) is 0.793. The number of hydrogen-bond acceptors (Lipinski definition) is 3. The zero-order valence-electron chi connectivity index (χ0n) is 10.1. The lowest BCUT2D eigenvalue weighted by Gasteiger charge is -2.32. The third-order valence-electron chi connectivity index (χ3n) is 5.46. The average molecular weight is 248 g/mol. The zero-order chi connectivity index (χ0) is 11.2. The van der Waals surface area contributed by atoms with E-state index in [9.17, 15) is 0 Å². The summed E-state index contributed by atoms with van der Waals surface area (Å²) in [4.78, 5) is 4.36. The molecule has 92 valence electrons. The summed E-state index contributed by atoms with van der Waals surface area (Å²) < 4.78 is 0. The molecule has 3 saturated carbocycles.